The summed E-state index contributed by atoms with van der Waals surface area (Å²) in [6, 6.07) is 12.7. The first-order valence-corrected chi connectivity index (χ1v) is 8.91. The molecule has 144 valence electrons. The molecule has 2 unspecified atom stereocenters. The van der Waals surface area contributed by atoms with Crippen LogP contribution in [0.5, 0.6) is 0 Å². The number of carbonyl (C=O) groups excluding carboxylic acids is 2. The quantitative estimate of drug-likeness (QED) is 0.823. The van der Waals surface area contributed by atoms with E-state index >= 15 is 0 Å². The highest BCUT2D eigenvalue weighted by Gasteiger charge is 2.28. The highest BCUT2D eigenvalue weighted by Crippen LogP contribution is 2.22. The van der Waals surface area contributed by atoms with Gasteiger partial charge in [-0.2, -0.15) is 0 Å². The van der Waals surface area contributed by atoms with E-state index in [1.165, 1.54) is 0 Å². The number of hydrogen-bond donors (Lipinski definition) is 2. The van der Waals surface area contributed by atoms with Crippen LogP contribution in [-0.2, 0) is 4.79 Å². The molecule has 0 radical (unpaired) electrons. The van der Waals surface area contributed by atoms with Crippen LogP contribution < -0.4 is 10.6 Å². The number of nitrogens with one attached hydrogen (secondary N) is 2. The summed E-state index contributed by atoms with van der Waals surface area (Å²) < 4.78 is 0. The van der Waals surface area contributed by atoms with E-state index in [4.69, 9.17) is 0 Å². The molecule has 2 N–H and O–H groups in total. The van der Waals surface area contributed by atoms with Crippen molar-refractivity contribution in [3.8, 4) is 0 Å². The minimum atomic E-state index is -0.236. The lowest BCUT2D eigenvalue weighted by molar-refractivity contribution is -0.135. The van der Waals surface area contributed by atoms with Crippen LogP contribution >= 0.6 is 12.4 Å². The number of aromatic nitrogens is 1. The van der Waals surface area contributed by atoms with E-state index in [1.54, 1.807) is 24.5 Å². The molecule has 0 saturated carbocycles. The van der Waals surface area contributed by atoms with E-state index in [1.807, 2.05) is 42.2 Å². The SMILES string of the molecule is CC(CC(=O)N1CCNCC1c1cccnc1)NC(=O)c1ccccc1.Cl. The Balaban J connectivity index is 0.00000261. The van der Waals surface area contributed by atoms with Gasteiger partial charge in [0.05, 0.1) is 6.04 Å². The summed E-state index contributed by atoms with van der Waals surface area (Å²) >= 11 is 0. The monoisotopic (exact) mass is 388 g/mol. The maximum atomic E-state index is 12.8. The van der Waals surface area contributed by atoms with Gasteiger partial charge in [0, 0.05) is 50.1 Å². The average molecular weight is 389 g/mol. The van der Waals surface area contributed by atoms with Gasteiger partial charge in [-0.1, -0.05) is 24.3 Å². The minimum Gasteiger partial charge on any atom is -0.349 e. The summed E-state index contributed by atoms with van der Waals surface area (Å²) in [6.45, 7) is 3.99. The molecule has 7 heteroatoms. The Morgan fingerprint density at radius 3 is 2.74 bits per heavy atom. The third-order valence-corrected chi connectivity index (χ3v) is 4.53. The lowest BCUT2D eigenvalue weighted by Gasteiger charge is -2.37. The summed E-state index contributed by atoms with van der Waals surface area (Å²) in [7, 11) is 0. The van der Waals surface area contributed by atoms with Gasteiger partial charge in [-0.3, -0.25) is 14.6 Å². The highest BCUT2D eigenvalue weighted by atomic mass is 35.5. The van der Waals surface area contributed by atoms with Crippen LogP contribution in [0.15, 0.2) is 54.9 Å². The van der Waals surface area contributed by atoms with Crippen molar-refractivity contribution in [1.29, 1.82) is 0 Å². The van der Waals surface area contributed by atoms with Gasteiger partial charge in [0.25, 0.3) is 5.91 Å². The summed E-state index contributed by atoms with van der Waals surface area (Å²) in [5, 5.41) is 6.24. The van der Waals surface area contributed by atoms with Crippen molar-refractivity contribution in [2.75, 3.05) is 19.6 Å². The van der Waals surface area contributed by atoms with Crippen LogP contribution in [-0.4, -0.2) is 47.4 Å². The van der Waals surface area contributed by atoms with Crippen LogP contribution in [0.2, 0.25) is 0 Å². The molecular formula is C20H25ClN4O2. The Morgan fingerprint density at radius 2 is 2.04 bits per heavy atom. The molecule has 2 amide bonds. The number of carbonyl (C=O) groups is 2. The molecule has 6 nitrogen and oxygen atoms in total. The number of amides is 2. The van der Waals surface area contributed by atoms with Gasteiger partial charge in [0.2, 0.25) is 5.91 Å². The fourth-order valence-electron chi connectivity index (χ4n) is 3.20. The largest absolute Gasteiger partial charge is 0.349 e. The first kappa shape index (κ1) is 20.9. The predicted molar refractivity (Wildman–Crippen MR) is 107 cm³/mol. The van der Waals surface area contributed by atoms with Crippen molar-refractivity contribution >= 4 is 24.2 Å². The van der Waals surface area contributed by atoms with Crippen LogP contribution in [0, 0.1) is 0 Å². The van der Waals surface area contributed by atoms with Crippen molar-refractivity contribution in [2.24, 2.45) is 0 Å². The molecule has 2 atom stereocenters. The van der Waals surface area contributed by atoms with Crippen LogP contribution in [0.3, 0.4) is 0 Å². The zero-order valence-electron chi connectivity index (χ0n) is 15.3. The molecule has 1 aliphatic heterocycles. The fraction of sp³-hybridized carbons (Fsp3) is 0.350. The van der Waals surface area contributed by atoms with E-state index in [-0.39, 0.29) is 42.7 Å². The van der Waals surface area contributed by atoms with E-state index in [0.29, 0.717) is 18.7 Å². The summed E-state index contributed by atoms with van der Waals surface area (Å²) in [5.74, 6) is -0.115. The minimum absolute atomic E-state index is 0. The smallest absolute Gasteiger partial charge is 0.251 e. The van der Waals surface area contributed by atoms with E-state index in [9.17, 15) is 9.59 Å². The number of rotatable bonds is 5. The zero-order chi connectivity index (χ0) is 18.4. The molecule has 0 spiro atoms. The number of halogens is 1. The third-order valence-electron chi connectivity index (χ3n) is 4.53. The van der Waals surface area contributed by atoms with E-state index in [2.05, 4.69) is 15.6 Å². The molecule has 2 aromatic rings. The molecule has 3 rings (SSSR count). The number of benzene rings is 1. The zero-order valence-corrected chi connectivity index (χ0v) is 16.1. The van der Waals surface area contributed by atoms with Gasteiger partial charge < -0.3 is 15.5 Å². The van der Waals surface area contributed by atoms with Crippen molar-refractivity contribution in [2.45, 2.75) is 25.4 Å². The fourth-order valence-corrected chi connectivity index (χ4v) is 3.20. The Morgan fingerprint density at radius 1 is 1.26 bits per heavy atom. The first-order valence-electron chi connectivity index (χ1n) is 8.91. The summed E-state index contributed by atoms with van der Waals surface area (Å²) in [6.07, 6.45) is 3.81. The molecule has 0 bridgehead atoms. The van der Waals surface area contributed by atoms with Crippen molar-refractivity contribution in [1.82, 2.24) is 20.5 Å². The number of pyridine rings is 1. The number of piperazine rings is 1. The van der Waals surface area contributed by atoms with Crippen molar-refractivity contribution in [3.63, 3.8) is 0 Å². The van der Waals surface area contributed by atoms with Gasteiger partial charge in [0.1, 0.15) is 0 Å². The second kappa shape index (κ2) is 10.0. The second-order valence-corrected chi connectivity index (χ2v) is 6.54. The maximum Gasteiger partial charge on any atom is 0.251 e. The van der Waals surface area contributed by atoms with Crippen LogP contribution in [0.25, 0.3) is 0 Å². The van der Waals surface area contributed by atoms with Gasteiger partial charge in [-0.15, -0.1) is 12.4 Å². The van der Waals surface area contributed by atoms with Crippen molar-refractivity contribution in [3.05, 3.63) is 66.0 Å². The van der Waals surface area contributed by atoms with Crippen LogP contribution in [0.1, 0.15) is 35.3 Å². The number of nitrogens with zero attached hydrogens (tertiary/aromatic N) is 2. The van der Waals surface area contributed by atoms with Gasteiger partial charge in [-0.05, 0) is 30.7 Å². The molecule has 2 heterocycles. The number of hydrogen-bond acceptors (Lipinski definition) is 4. The molecule has 27 heavy (non-hydrogen) atoms. The third kappa shape index (κ3) is 5.52. The lowest BCUT2D eigenvalue weighted by atomic mass is 10.0. The topological polar surface area (TPSA) is 74.3 Å². The van der Waals surface area contributed by atoms with Crippen LogP contribution in [0.4, 0.5) is 0 Å². The van der Waals surface area contributed by atoms with E-state index in [0.717, 1.165) is 12.1 Å². The molecule has 1 aromatic carbocycles. The Labute approximate surface area is 165 Å². The lowest BCUT2D eigenvalue weighted by Crippen LogP contribution is -2.50. The second-order valence-electron chi connectivity index (χ2n) is 6.54. The Kier molecular flexibility index (Phi) is 7.76. The van der Waals surface area contributed by atoms with Crippen molar-refractivity contribution < 1.29 is 9.59 Å². The highest BCUT2D eigenvalue weighted by molar-refractivity contribution is 5.94. The van der Waals surface area contributed by atoms with Gasteiger partial charge >= 0.3 is 0 Å². The molecular weight excluding hydrogens is 364 g/mol. The summed E-state index contributed by atoms with van der Waals surface area (Å²) in [5.41, 5.74) is 1.62. The molecule has 1 aliphatic rings. The van der Waals surface area contributed by atoms with Gasteiger partial charge in [0.15, 0.2) is 0 Å². The standard InChI is InChI=1S/C20H24N4O2.ClH/c1-15(23-20(26)16-6-3-2-4-7-16)12-19(25)24-11-10-22-14-18(24)17-8-5-9-21-13-17;/h2-9,13,15,18,22H,10-12,14H2,1H3,(H,23,26);1H. The summed E-state index contributed by atoms with van der Waals surface area (Å²) in [4.78, 5) is 31.1. The molecule has 0 aliphatic carbocycles. The maximum absolute atomic E-state index is 12.8. The van der Waals surface area contributed by atoms with E-state index < -0.39 is 0 Å². The first-order chi connectivity index (χ1) is 12.6. The molecule has 1 saturated heterocycles. The average Bonchev–Trinajstić information content (AvgIpc) is 2.69. The van der Waals surface area contributed by atoms with Gasteiger partial charge in [-0.25, -0.2) is 0 Å². The predicted octanol–water partition coefficient (Wildman–Crippen LogP) is 2.18. The normalized spacial score (nSPS) is 17.5. The molecule has 1 aromatic heterocycles. The molecule has 1 fully saturated rings. The Hall–Kier alpha value is -2.44. The Bertz CT molecular complexity index is 742.